The standard InChI is InChI=1S/C17H20N2S2/c1-11-2-5-15(20-11)16-9-19-17(21-16)10-18-8-14-7-12-3-4-13(14)6-12/h2-5,9,12-14,18H,6-8,10H2,1H3. The van der Waals surface area contributed by atoms with E-state index >= 15 is 0 Å². The number of aryl methyl sites for hydroxylation is 1. The lowest BCUT2D eigenvalue weighted by molar-refractivity contribution is 0.414. The van der Waals surface area contributed by atoms with Gasteiger partial charge >= 0.3 is 0 Å². The number of aromatic nitrogens is 1. The topological polar surface area (TPSA) is 24.9 Å². The minimum atomic E-state index is 0.837. The van der Waals surface area contributed by atoms with Crippen LogP contribution in [0.15, 0.2) is 30.5 Å². The zero-order chi connectivity index (χ0) is 14.2. The molecule has 2 aromatic rings. The van der Waals surface area contributed by atoms with Gasteiger partial charge in [0.1, 0.15) is 5.01 Å². The molecule has 1 N–H and O–H groups in total. The van der Waals surface area contributed by atoms with Crippen molar-refractivity contribution in [3.05, 3.63) is 40.4 Å². The molecule has 3 atom stereocenters. The van der Waals surface area contributed by atoms with E-state index in [0.29, 0.717) is 0 Å². The molecule has 1 saturated carbocycles. The molecule has 1 fully saturated rings. The summed E-state index contributed by atoms with van der Waals surface area (Å²) in [6.07, 6.45) is 9.64. The molecule has 4 rings (SSSR count). The third-order valence-corrected chi connectivity index (χ3v) is 6.83. The minimum Gasteiger partial charge on any atom is -0.310 e. The van der Waals surface area contributed by atoms with Crippen molar-refractivity contribution < 1.29 is 0 Å². The molecule has 2 aliphatic rings. The second-order valence-electron chi connectivity index (χ2n) is 6.20. The highest BCUT2D eigenvalue weighted by atomic mass is 32.1. The quantitative estimate of drug-likeness (QED) is 0.823. The van der Waals surface area contributed by atoms with Crippen molar-refractivity contribution in [1.82, 2.24) is 10.3 Å². The summed E-state index contributed by atoms with van der Waals surface area (Å²) in [5.41, 5.74) is 0. The van der Waals surface area contributed by atoms with Crippen LogP contribution in [0.5, 0.6) is 0 Å². The number of allylic oxidation sites excluding steroid dienone is 2. The first kappa shape index (κ1) is 13.7. The lowest BCUT2D eigenvalue weighted by atomic mass is 9.94. The van der Waals surface area contributed by atoms with E-state index < -0.39 is 0 Å². The first-order chi connectivity index (χ1) is 10.3. The molecule has 0 saturated heterocycles. The van der Waals surface area contributed by atoms with Crippen molar-refractivity contribution in [3.8, 4) is 9.75 Å². The van der Waals surface area contributed by atoms with E-state index in [2.05, 4.69) is 41.5 Å². The molecule has 2 bridgehead atoms. The van der Waals surface area contributed by atoms with Crippen LogP contribution in [0.3, 0.4) is 0 Å². The van der Waals surface area contributed by atoms with E-state index in [1.807, 2.05) is 28.9 Å². The van der Waals surface area contributed by atoms with Crippen LogP contribution in [0.25, 0.3) is 9.75 Å². The monoisotopic (exact) mass is 316 g/mol. The zero-order valence-corrected chi connectivity index (χ0v) is 13.8. The lowest BCUT2D eigenvalue weighted by Crippen LogP contribution is -2.24. The number of thiophene rings is 1. The molecule has 21 heavy (non-hydrogen) atoms. The smallest absolute Gasteiger partial charge is 0.107 e. The summed E-state index contributed by atoms with van der Waals surface area (Å²) in [5.74, 6) is 2.55. The van der Waals surface area contributed by atoms with Gasteiger partial charge in [0.15, 0.2) is 0 Å². The Kier molecular flexibility index (Phi) is 3.69. The van der Waals surface area contributed by atoms with Gasteiger partial charge in [0, 0.05) is 22.5 Å². The summed E-state index contributed by atoms with van der Waals surface area (Å²) in [6.45, 7) is 4.20. The van der Waals surface area contributed by atoms with Crippen molar-refractivity contribution in [2.24, 2.45) is 17.8 Å². The summed E-state index contributed by atoms with van der Waals surface area (Å²) in [6, 6.07) is 4.38. The Morgan fingerprint density at radius 3 is 2.86 bits per heavy atom. The Bertz CT molecular complexity index is 655. The van der Waals surface area contributed by atoms with Gasteiger partial charge in [-0.3, -0.25) is 0 Å². The van der Waals surface area contributed by atoms with Crippen LogP contribution in [-0.2, 0) is 6.54 Å². The summed E-state index contributed by atoms with van der Waals surface area (Å²) in [5, 5.41) is 4.82. The Morgan fingerprint density at radius 2 is 2.14 bits per heavy atom. The average Bonchev–Trinajstić information content (AvgIpc) is 3.21. The maximum Gasteiger partial charge on any atom is 0.107 e. The van der Waals surface area contributed by atoms with E-state index in [4.69, 9.17) is 0 Å². The molecule has 2 aliphatic carbocycles. The second kappa shape index (κ2) is 5.67. The summed E-state index contributed by atoms with van der Waals surface area (Å²) < 4.78 is 0. The van der Waals surface area contributed by atoms with Gasteiger partial charge in [-0.05, 0) is 56.2 Å². The Hall–Kier alpha value is -0.970. The van der Waals surface area contributed by atoms with Gasteiger partial charge in [-0.1, -0.05) is 12.2 Å². The fourth-order valence-corrected chi connectivity index (χ4v) is 5.40. The third-order valence-electron chi connectivity index (χ3n) is 4.64. The average molecular weight is 316 g/mol. The number of thiazole rings is 1. The highest BCUT2D eigenvalue weighted by Crippen LogP contribution is 2.43. The Balaban J connectivity index is 1.31. The van der Waals surface area contributed by atoms with Crippen molar-refractivity contribution in [3.63, 3.8) is 0 Å². The Labute approximate surface area is 133 Å². The van der Waals surface area contributed by atoms with Gasteiger partial charge in [-0.2, -0.15) is 0 Å². The molecular formula is C17H20N2S2. The molecule has 2 nitrogen and oxygen atoms in total. The molecule has 0 radical (unpaired) electrons. The molecule has 2 aromatic heterocycles. The van der Waals surface area contributed by atoms with Gasteiger partial charge < -0.3 is 5.32 Å². The molecule has 2 heterocycles. The van der Waals surface area contributed by atoms with E-state index in [1.165, 1.54) is 32.5 Å². The number of rotatable bonds is 5. The first-order valence-electron chi connectivity index (χ1n) is 7.68. The summed E-state index contributed by atoms with van der Waals surface area (Å²) in [7, 11) is 0. The fraction of sp³-hybridized carbons (Fsp3) is 0.471. The van der Waals surface area contributed by atoms with Gasteiger partial charge in [0.2, 0.25) is 0 Å². The number of nitrogens with one attached hydrogen (secondary N) is 1. The maximum atomic E-state index is 4.56. The largest absolute Gasteiger partial charge is 0.310 e. The van der Waals surface area contributed by atoms with Crippen molar-refractivity contribution >= 4 is 22.7 Å². The normalized spacial score (nSPS) is 26.8. The van der Waals surface area contributed by atoms with Gasteiger partial charge in [0.05, 0.1) is 4.88 Å². The van der Waals surface area contributed by atoms with Crippen molar-refractivity contribution in [1.29, 1.82) is 0 Å². The second-order valence-corrected chi connectivity index (χ2v) is 8.60. The zero-order valence-electron chi connectivity index (χ0n) is 12.2. The van der Waals surface area contributed by atoms with Crippen LogP contribution in [0.2, 0.25) is 0 Å². The summed E-state index contributed by atoms with van der Waals surface area (Å²) >= 11 is 3.67. The minimum absolute atomic E-state index is 0.837. The van der Waals surface area contributed by atoms with Crippen molar-refractivity contribution in [2.45, 2.75) is 26.3 Å². The van der Waals surface area contributed by atoms with Gasteiger partial charge in [-0.25, -0.2) is 4.98 Å². The molecule has 0 spiro atoms. The number of nitrogens with zero attached hydrogens (tertiary/aromatic N) is 1. The van der Waals surface area contributed by atoms with Crippen LogP contribution in [0.4, 0.5) is 0 Å². The Morgan fingerprint density at radius 1 is 1.19 bits per heavy atom. The third kappa shape index (κ3) is 2.85. The van der Waals surface area contributed by atoms with Crippen LogP contribution < -0.4 is 5.32 Å². The van der Waals surface area contributed by atoms with E-state index in [1.54, 1.807) is 0 Å². The molecular weight excluding hydrogens is 296 g/mol. The fourth-order valence-electron chi connectivity index (χ4n) is 3.57. The summed E-state index contributed by atoms with van der Waals surface area (Å²) in [4.78, 5) is 8.57. The van der Waals surface area contributed by atoms with Crippen LogP contribution in [0.1, 0.15) is 22.7 Å². The molecule has 4 heteroatoms. The SMILES string of the molecule is Cc1ccc(-c2cnc(CNCC3CC4C=CC3C4)s2)s1. The van der Waals surface area contributed by atoms with Crippen LogP contribution >= 0.6 is 22.7 Å². The number of hydrogen-bond acceptors (Lipinski definition) is 4. The molecule has 0 aliphatic heterocycles. The van der Waals surface area contributed by atoms with E-state index in [-0.39, 0.29) is 0 Å². The van der Waals surface area contributed by atoms with Gasteiger partial charge in [-0.15, -0.1) is 22.7 Å². The molecule has 0 amide bonds. The number of fused-ring (bicyclic) bond motifs is 2. The van der Waals surface area contributed by atoms with Crippen molar-refractivity contribution in [2.75, 3.05) is 6.54 Å². The van der Waals surface area contributed by atoms with Crippen LogP contribution in [0, 0.1) is 24.7 Å². The lowest BCUT2D eigenvalue weighted by Gasteiger charge is -2.17. The van der Waals surface area contributed by atoms with E-state index in [0.717, 1.165) is 30.8 Å². The first-order valence-corrected chi connectivity index (χ1v) is 9.32. The maximum absolute atomic E-state index is 4.56. The number of hydrogen-bond donors (Lipinski definition) is 1. The predicted molar refractivity (Wildman–Crippen MR) is 90.7 cm³/mol. The molecule has 110 valence electrons. The van der Waals surface area contributed by atoms with Gasteiger partial charge in [0.25, 0.3) is 0 Å². The highest BCUT2D eigenvalue weighted by molar-refractivity contribution is 7.21. The highest BCUT2D eigenvalue weighted by Gasteiger charge is 2.34. The molecule has 3 unspecified atom stereocenters. The molecule has 0 aromatic carbocycles. The van der Waals surface area contributed by atoms with Crippen LogP contribution in [-0.4, -0.2) is 11.5 Å². The predicted octanol–water partition coefficient (Wildman–Crippen LogP) is 4.48. The van der Waals surface area contributed by atoms with E-state index in [9.17, 15) is 0 Å².